The van der Waals surface area contributed by atoms with Crippen LogP contribution in [0, 0.1) is 0 Å². The van der Waals surface area contributed by atoms with Crippen molar-refractivity contribution in [3.63, 3.8) is 0 Å². The minimum Gasteiger partial charge on any atom is -0.385 e. The van der Waals surface area contributed by atoms with E-state index in [2.05, 4.69) is 12.2 Å². The molecular weight excluding hydrogens is 388 g/mol. The highest BCUT2D eigenvalue weighted by Crippen LogP contribution is 2.40. The van der Waals surface area contributed by atoms with Crippen LogP contribution in [0.1, 0.15) is 47.7 Å². The van der Waals surface area contributed by atoms with Crippen molar-refractivity contribution in [3.8, 4) is 0 Å². The predicted molar refractivity (Wildman–Crippen MR) is 114 cm³/mol. The molecule has 0 spiro atoms. The number of rotatable bonds is 8. The highest BCUT2D eigenvalue weighted by atomic mass is 35.5. The first-order valence-electron chi connectivity index (χ1n) is 9.83. The van der Waals surface area contributed by atoms with Crippen molar-refractivity contribution in [1.82, 2.24) is 10.2 Å². The first-order chi connectivity index (χ1) is 13.9. The Bertz CT molecular complexity index is 884. The summed E-state index contributed by atoms with van der Waals surface area (Å²) in [5.74, 6) is -0.239. The maximum absolute atomic E-state index is 13.2. The highest BCUT2D eigenvalue weighted by molar-refractivity contribution is 6.30. The van der Waals surface area contributed by atoms with Crippen molar-refractivity contribution < 1.29 is 14.3 Å². The fraction of sp³-hybridized carbons (Fsp3) is 0.391. The standard InChI is InChI=1S/C23H27ClN2O3/c1-16(17-9-11-18(24)12-10-17)15-26-21(27)19-7-4-5-8-20(19)23(26,2)22(28)25-13-6-14-29-3/h4-5,7-12,16H,6,13-15H2,1-3H3,(H,25,28)/t16?,23-/m0/s1. The van der Waals surface area contributed by atoms with Gasteiger partial charge >= 0.3 is 0 Å². The molecule has 1 unspecified atom stereocenters. The van der Waals surface area contributed by atoms with E-state index >= 15 is 0 Å². The number of carbonyl (C=O) groups is 2. The number of nitrogens with zero attached hydrogens (tertiary/aromatic N) is 1. The Labute approximate surface area is 177 Å². The fourth-order valence-corrected chi connectivity index (χ4v) is 3.99. The second-order valence-electron chi connectivity index (χ2n) is 7.59. The van der Waals surface area contributed by atoms with Crippen LogP contribution in [-0.2, 0) is 15.1 Å². The lowest BCUT2D eigenvalue weighted by molar-refractivity contribution is -0.131. The first-order valence-corrected chi connectivity index (χ1v) is 10.2. The number of halogens is 1. The summed E-state index contributed by atoms with van der Waals surface area (Å²) in [4.78, 5) is 28.2. The van der Waals surface area contributed by atoms with E-state index in [0.29, 0.717) is 30.3 Å². The molecule has 0 aromatic heterocycles. The maximum Gasteiger partial charge on any atom is 0.255 e. The molecule has 1 aliphatic heterocycles. The van der Waals surface area contributed by atoms with Crippen LogP contribution in [0.15, 0.2) is 48.5 Å². The van der Waals surface area contributed by atoms with Gasteiger partial charge in [-0.1, -0.05) is 48.9 Å². The van der Waals surface area contributed by atoms with Gasteiger partial charge in [0.1, 0.15) is 5.54 Å². The van der Waals surface area contributed by atoms with Crippen molar-refractivity contribution in [2.75, 3.05) is 26.8 Å². The largest absolute Gasteiger partial charge is 0.385 e. The lowest BCUT2D eigenvalue weighted by Crippen LogP contribution is -2.53. The molecule has 0 saturated carbocycles. The Morgan fingerprint density at radius 1 is 1.21 bits per heavy atom. The molecule has 2 aromatic carbocycles. The van der Waals surface area contributed by atoms with Crippen LogP contribution >= 0.6 is 11.6 Å². The molecule has 0 aliphatic carbocycles. The van der Waals surface area contributed by atoms with Gasteiger partial charge in [-0.25, -0.2) is 0 Å². The molecule has 2 amide bonds. The van der Waals surface area contributed by atoms with Crippen molar-refractivity contribution in [2.45, 2.75) is 31.7 Å². The van der Waals surface area contributed by atoms with E-state index in [4.69, 9.17) is 16.3 Å². The molecule has 1 heterocycles. The minimum absolute atomic E-state index is 0.0474. The van der Waals surface area contributed by atoms with Gasteiger partial charge in [0.2, 0.25) is 5.91 Å². The zero-order valence-corrected chi connectivity index (χ0v) is 17.8. The molecule has 0 fully saturated rings. The van der Waals surface area contributed by atoms with Crippen LogP contribution in [0.2, 0.25) is 5.02 Å². The molecule has 2 atom stereocenters. The number of nitrogens with one attached hydrogen (secondary N) is 1. The third-order valence-corrected chi connectivity index (χ3v) is 5.87. The maximum atomic E-state index is 13.2. The average molecular weight is 415 g/mol. The molecule has 5 nitrogen and oxygen atoms in total. The number of benzene rings is 2. The van der Waals surface area contributed by atoms with Gasteiger partial charge in [0, 0.05) is 37.4 Å². The van der Waals surface area contributed by atoms with E-state index in [1.54, 1.807) is 18.1 Å². The molecule has 1 N–H and O–H groups in total. The topological polar surface area (TPSA) is 58.6 Å². The van der Waals surface area contributed by atoms with Gasteiger partial charge < -0.3 is 15.0 Å². The Morgan fingerprint density at radius 3 is 2.59 bits per heavy atom. The monoisotopic (exact) mass is 414 g/mol. The van der Waals surface area contributed by atoms with Crippen LogP contribution in [0.25, 0.3) is 0 Å². The molecule has 0 saturated heterocycles. The van der Waals surface area contributed by atoms with E-state index in [0.717, 1.165) is 17.5 Å². The lowest BCUT2D eigenvalue weighted by Gasteiger charge is -2.36. The van der Waals surface area contributed by atoms with Crippen LogP contribution in [0.5, 0.6) is 0 Å². The highest BCUT2D eigenvalue weighted by Gasteiger charge is 2.51. The number of methoxy groups -OCH3 is 1. The SMILES string of the molecule is COCCCNC(=O)[C@]1(C)c2ccccc2C(=O)N1CC(C)c1ccc(Cl)cc1. The quantitative estimate of drug-likeness (QED) is 0.665. The third kappa shape index (κ3) is 4.16. The number of hydrogen-bond acceptors (Lipinski definition) is 3. The Morgan fingerprint density at radius 2 is 1.90 bits per heavy atom. The third-order valence-electron chi connectivity index (χ3n) is 5.62. The number of fused-ring (bicyclic) bond motifs is 1. The summed E-state index contributed by atoms with van der Waals surface area (Å²) in [5, 5.41) is 3.65. The average Bonchev–Trinajstić information content (AvgIpc) is 2.94. The zero-order valence-electron chi connectivity index (χ0n) is 17.1. The summed E-state index contributed by atoms with van der Waals surface area (Å²) in [7, 11) is 1.63. The van der Waals surface area contributed by atoms with Crippen molar-refractivity contribution in [3.05, 3.63) is 70.2 Å². The Kier molecular flexibility index (Phi) is 6.60. The van der Waals surface area contributed by atoms with E-state index in [-0.39, 0.29) is 17.7 Å². The van der Waals surface area contributed by atoms with Gasteiger partial charge in [0.05, 0.1) is 0 Å². The van der Waals surface area contributed by atoms with Gasteiger partial charge in [0.15, 0.2) is 0 Å². The molecule has 0 bridgehead atoms. The summed E-state index contributed by atoms with van der Waals surface area (Å²) in [6.45, 7) is 5.38. The summed E-state index contributed by atoms with van der Waals surface area (Å²) in [5.41, 5.74) is 1.35. The minimum atomic E-state index is -1.05. The summed E-state index contributed by atoms with van der Waals surface area (Å²) >= 11 is 6.00. The summed E-state index contributed by atoms with van der Waals surface area (Å²) < 4.78 is 5.05. The van der Waals surface area contributed by atoms with Crippen molar-refractivity contribution in [1.29, 1.82) is 0 Å². The van der Waals surface area contributed by atoms with Gasteiger partial charge in [-0.15, -0.1) is 0 Å². The number of hydrogen-bond donors (Lipinski definition) is 1. The Balaban J connectivity index is 1.88. The smallest absolute Gasteiger partial charge is 0.255 e. The van der Waals surface area contributed by atoms with Crippen LogP contribution in [0.4, 0.5) is 0 Å². The van der Waals surface area contributed by atoms with Crippen LogP contribution < -0.4 is 5.32 Å². The molecule has 154 valence electrons. The van der Waals surface area contributed by atoms with E-state index in [1.165, 1.54) is 0 Å². The van der Waals surface area contributed by atoms with Gasteiger partial charge in [-0.2, -0.15) is 0 Å². The molecule has 1 aliphatic rings. The van der Waals surface area contributed by atoms with Gasteiger partial charge in [0.25, 0.3) is 5.91 Å². The van der Waals surface area contributed by atoms with Crippen molar-refractivity contribution in [2.24, 2.45) is 0 Å². The second kappa shape index (κ2) is 8.97. The van der Waals surface area contributed by atoms with E-state index in [1.807, 2.05) is 49.4 Å². The first kappa shape index (κ1) is 21.3. The van der Waals surface area contributed by atoms with Crippen molar-refractivity contribution >= 4 is 23.4 Å². The normalized spacial score (nSPS) is 19.2. The summed E-state index contributed by atoms with van der Waals surface area (Å²) in [6.07, 6.45) is 0.717. The second-order valence-corrected chi connectivity index (χ2v) is 8.02. The molecule has 3 rings (SSSR count). The van der Waals surface area contributed by atoms with E-state index < -0.39 is 5.54 Å². The zero-order chi connectivity index (χ0) is 21.0. The molecule has 0 radical (unpaired) electrons. The predicted octanol–water partition coefficient (Wildman–Crippen LogP) is 3.97. The number of carbonyl (C=O) groups excluding carboxylic acids is 2. The van der Waals surface area contributed by atoms with Crippen LogP contribution in [0.3, 0.4) is 0 Å². The number of ether oxygens (including phenoxy) is 1. The van der Waals surface area contributed by atoms with Crippen LogP contribution in [-0.4, -0.2) is 43.5 Å². The lowest BCUT2D eigenvalue weighted by atomic mass is 9.89. The van der Waals surface area contributed by atoms with E-state index in [9.17, 15) is 9.59 Å². The molecule has 2 aromatic rings. The fourth-order valence-electron chi connectivity index (χ4n) is 3.86. The molecular formula is C23H27ClN2O3. The van der Waals surface area contributed by atoms with Gasteiger partial charge in [-0.05, 0) is 48.6 Å². The van der Waals surface area contributed by atoms with Gasteiger partial charge in [-0.3, -0.25) is 9.59 Å². The summed E-state index contributed by atoms with van der Waals surface area (Å²) in [6, 6.07) is 15.0. The number of amides is 2. The Hall–Kier alpha value is -2.37. The molecule has 29 heavy (non-hydrogen) atoms. The molecule has 6 heteroatoms.